The SMILES string of the molecule is NNc1ccc([N+](=O)[O-])cc1Cc1ccc2ccccc2c1. The molecule has 0 saturated heterocycles. The minimum Gasteiger partial charge on any atom is -0.324 e. The van der Waals surface area contributed by atoms with Crippen molar-refractivity contribution in [2.24, 2.45) is 5.84 Å². The molecule has 3 aromatic rings. The summed E-state index contributed by atoms with van der Waals surface area (Å²) in [4.78, 5) is 10.5. The van der Waals surface area contributed by atoms with Crippen LogP contribution >= 0.6 is 0 Å². The maximum Gasteiger partial charge on any atom is 0.269 e. The molecule has 0 atom stereocenters. The number of nitrogens with two attached hydrogens (primary N) is 1. The summed E-state index contributed by atoms with van der Waals surface area (Å²) in [5.41, 5.74) is 5.23. The van der Waals surface area contributed by atoms with Crippen LogP contribution in [-0.2, 0) is 6.42 Å². The lowest BCUT2D eigenvalue weighted by atomic mass is 10.00. The molecule has 3 rings (SSSR count). The number of nitro benzene ring substituents is 1. The highest BCUT2D eigenvalue weighted by atomic mass is 16.6. The van der Waals surface area contributed by atoms with E-state index in [9.17, 15) is 10.1 Å². The van der Waals surface area contributed by atoms with E-state index < -0.39 is 4.92 Å². The van der Waals surface area contributed by atoms with E-state index in [-0.39, 0.29) is 5.69 Å². The third-order valence-corrected chi connectivity index (χ3v) is 3.66. The van der Waals surface area contributed by atoms with E-state index >= 15 is 0 Å². The summed E-state index contributed by atoms with van der Waals surface area (Å²) in [5.74, 6) is 5.50. The summed E-state index contributed by atoms with van der Waals surface area (Å²) in [7, 11) is 0. The van der Waals surface area contributed by atoms with Crippen molar-refractivity contribution in [3.8, 4) is 0 Å². The van der Waals surface area contributed by atoms with Gasteiger partial charge in [0, 0.05) is 12.1 Å². The van der Waals surface area contributed by atoms with Gasteiger partial charge in [0.2, 0.25) is 0 Å². The lowest BCUT2D eigenvalue weighted by Gasteiger charge is -2.09. The zero-order valence-corrected chi connectivity index (χ0v) is 11.8. The van der Waals surface area contributed by atoms with Gasteiger partial charge in [-0.3, -0.25) is 16.0 Å². The number of nitrogen functional groups attached to an aromatic ring is 1. The Balaban J connectivity index is 1.99. The molecule has 22 heavy (non-hydrogen) atoms. The predicted molar refractivity (Wildman–Crippen MR) is 87.7 cm³/mol. The van der Waals surface area contributed by atoms with Crippen molar-refractivity contribution in [2.75, 3.05) is 5.43 Å². The van der Waals surface area contributed by atoms with Gasteiger partial charge in [-0.25, -0.2) is 0 Å². The fourth-order valence-electron chi connectivity index (χ4n) is 2.55. The van der Waals surface area contributed by atoms with Gasteiger partial charge >= 0.3 is 0 Å². The molecule has 3 N–H and O–H groups in total. The molecule has 0 bridgehead atoms. The first-order valence-corrected chi connectivity index (χ1v) is 6.89. The Labute approximate surface area is 127 Å². The second-order valence-electron chi connectivity index (χ2n) is 5.10. The summed E-state index contributed by atoms with van der Waals surface area (Å²) in [6, 6.07) is 18.9. The topological polar surface area (TPSA) is 81.2 Å². The number of benzene rings is 3. The normalized spacial score (nSPS) is 10.6. The number of hydrogen-bond donors (Lipinski definition) is 2. The zero-order chi connectivity index (χ0) is 15.5. The number of anilines is 1. The molecule has 0 aromatic heterocycles. The van der Waals surface area contributed by atoms with Crippen molar-refractivity contribution in [1.82, 2.24) is 0 Å². The highest BCUT2D eigenvalue weighted by molar-refractivity contribution is 5.83. The second kappa shape index (κ2) is 5.83. The van der Waals surface area contributed by atoms with Crippen molar-refractivity contribution >= 4 is 22.1 Å². The van der Waals surface area contributed by atoms with Crippen LogP contribution in [-0.4, -0.2) is 4.92 Å². The van der Waals surface area contributed by atoms with Crippen LogP contribution in [0.1, 0.15) is 11.1 Å². The standard InChI is InChI=1S/C17H15N3O2/c18-19-17-8-7-16(20(21)22)11-15(17)10-12-5-6-13-3-1-2-4-14(13)9-12/h1-9,11,19H,10,18H2. The quantitative estimate of drug-likeness (QED) is 0.437. The van der Waals surface area contributed by atoms with Crippen LogP contribution in [0.25, 0.3) is 10.8 Å². The molecule has 5 heteroatoms. The molecule has 0 radical (unpaired) electrons. The number of non-ortho nitro benzene ring substituents is 1. The van der Waals surface area contributed by atoms with Crippen LogP contribution in [0.5, 0.6) is 0 Å². The monoisotopic (exact) mass is 293 g/mol. The molecular formula is C17H15N3O2. The molecule has 0 unspecified atom stereocenters. The fourth-order valence-corrected chi connectivity index (χ4v) is 2.55. The van der Waals surface area contributed by atoms with Crippen molar-refractivity contribution in [3.05, 3.63) is 81.9 Å². The molecule has 0 amide bonds. The van der Waals surface area contributed by atoms with E-state index in [4.69, 9.17) is 5.84 Å². The summed E-state index contributed by atoms with van der Waals surface area (Å²) in [5, 5.41) is 13.2. The summed E-state index contributed by atoms with van der Waals surface area (Å²) in [6.07, 6.45) is 0.575. The Morgan fingerprint density at radius 2 is 1.77 bits per heavy atom. The van der Waals surface area contributed by atoms with Crippen LogP contribution in [0.2, 0.25) is 0 Å². The van der Waals surface area contributed by atoms with Gasteiger partial charge in [0.1, 0.15) is 0 Å². The van der Waals surface area contributed by atoms with Gasteiger partial charge in [-0.05, 0) is 34.4 Å². The van der Waals surface area contributed by atoms with Crippen LogP contribution < -0.4 is 11.3 Å². The van der Waals surface area contributed by atoms with Gasteiger partial charge in [-0.1, -0.05) is 42.5 Å². The number of hydrogen-bond acceptors (Lipinski definition) is 4. The summed E-state index contributed by atoms with van der Waals surface area (Å²) < 4.78 is 0. The molecule has 0 saturated carbocycles. The second-order valence-corrected chi connectivity index (χ2v) is 5.10. The smallest absolute Gasteiger partial charge is 0.269 e. The molecule has 0 aliphatic rings. The van der Waals surface area contributed by atoms with E-state index in [1.165, 1.54) is 11.5 Å². The molecule has 5 nitrogen and oxygen atoms in total. The highest BCUT2D eigenvalue weighted by Gasteiger charge is 2.11. The van der Waals surface area contributed by atoms with Crippen molar-refractivity contribution < 1.29 is 4.92 Å². The Morgan fingerprint density at radius 1 is 1.00 bits per heavy atom. The molecule has 0 aliphatic heterocycles. The Bertz CT molecular complexity index is 846. The molecule has 0 fully saturated rings. The van der Waals surface area contributed by atoms with Gasteiger partial charge in [0.15, 0.2) is 0 Å². The van der Waals surface area contributed by atoms with Gasteiger partial charge in [-0.15, -0.1) is 0 Å². The molecule has 3 aromatic carbocycles. The van der Waals surface area contributed by atoms with Crippen molar-refractivity contribution in [1.29, 1.82) is 0 Å². The molecular weight excluding hydrogens is 278 g/mol. The lowest BCUT2D eigenvalue weighted by Crippen LogP contribution is -2.09. The molecule has 110 valence electrons. The van der Waals surface area contributed by atoms with Crippen LogP contribution in [0.4, 0.5) is 11.4 Å². The molecule has 0 heterocycles. The van der Waals surface area contributed by atoms with Gasteiger partial charge < -0.3 is 5.43 Å². The van der Waals surface area contributed by atoms with E-state index in [0.717, 1.165) is 16.5 Å². The molecule has 0 aliphatic carbocycles. The van der Waals surface area contributed by atoms with E-state index in [0.29, 0.717) is 12.1 Å². The third kappa shape index (κ3) is 2.75. The maximum absolute atomic E-state index is 10.9. The predicted octanol–water partition coefficient (Wildman–Crippen LogP) is 3.62. The van der Waals surface area contributed by atoms with Crippen LogP contribution in [0, 0.1) is 10.1 Å². The van der Waals surface area contributed by atoms with Crippen LogP contribution in [0.3, 0.4) is 0 Å². The minimum absolute atomic E-state index is 0.0646. The number of nitrogens with zero attached hydrogens (tertiary/aromatic N) is 1. The van der Waals surface area contributed by atoms with E-state index in [1.807, 2.05) is 24.3 Å². The lowest BCUT2D eigenvalue weighted by molar-refractivity contribution is -0.384. The number of hydrazine groups is 1. The zero-order valence-electron chi connectivity index (χ0n) is 11.8. The maximum atomic E-state index is 10.9. The number of nitro groups is 1. The van der Waals surface area contributed by atoms with Gasteiger partial charge in [0.05, 0.1) is 10.6 Å². The fraction of sp³-hybridized carbons (Fsp3) is 0.0588. The van der Waals surface area contributed by atoms with E-state index in [2.05, 4.69) is 23.6 Å². The summed E-state index contributed by atoms with van der Waals surface area (Å²) >= 11 is 0. The van der Waals surface area contributed by atoms with Gasteiger partial charge in [0.25, 0.3) is 5.69 Å². The van der Waals surface area contributed by atoms with Gasteiger partial charge in [-0.2, -0.15) is 0 Å². The van der Waals surface area contributed by atoms with Crippen molar-refractivity contribution in [2.45, 2.75) is 6.42 Å². The largest absolute Gasteiger partial charge is 0.324 e. The Hall–Kier alpha value is -2.92. The number of fused-ring (bicyclic) bond motifs is 1. The van der Waals surface area contributed by atoms with E-state index in [1.54, 1.807) is 12.1 Å². The average molecular weight is 293 g/mol. The summed E-state index contributed by atoms with van der Waals surface area (Å²) in [6.45, 7) is 0. The first-order valence-electron chi connectivity index (χ1n) is 6.89. The number of nitrogens with one attached hydrogen (secondary N) is 1. The first-order chi connectivity index (χ1) is 10.7. The van der Waals surface area contributed by atoms with Crippen LogP contribution in [0.15, 0.2) is 60.7 Å². The Morgan fingerprint density at radius 3 is 2.50 bits per heavy atom. The number of rotatable bonds is 4. The third-order valence-electron chi connectivity index (χ3n) is 3.66. The van der Waals surface area contributed by atoms with Crippen molar-refractivity contribution in [3.63, 3.8) is 0 Å². The first kappa shape index (κ1) is 14.0. The average Bonchev–Trinajstić information content (AvgIpc) is 2.54. The minimum atomic E-state index is -0.399. The molecule has 0 spiro atoms. The Kier molecular flexibility index (Phi) is 3.72. The highest BCUT2D eigenvalue weighted by Crippen LogP contribution is 2.25.